The highest BCUT2D eigenvalue weighted by molar-refractivity contribution is 5.92. The average Bonchev–Trinajstić information content (AvgIpc) is 2.83. The summed E-state index contributed by atoms with van der Waals surface area (Å²) in [5.74, 6) is -0.453. The van der Waals surface area contributed by atoms with Crippen molar-refractivity contribution in [1.82, 2.24) is 10.5 Å². The van der Waals surface area contributed by atoms with E-state index >= 15 is 0 Å². The van der Waals surface area contributed by atoms with Gasteiger partial charge in [0, 0.05) is 18.2 Å². The van der Waals surface area contributed by atoms with Crippen molar-refractivity contribution >= 4 is 5.91 Å². The summed E-state index contributed by atoms with van der Waals surface area (Å²) < 4.78 is 18.3. The van der Waals surface area contributed by atoms with Gasteiger partial charge in [0.25, 0.3) is 5.91 Å². The Bertz CT molecular complexity index is 658. The summed E-state index contributed by atoms with van der Waals surface area (Å²) in [4.78, 5) is 11.7. The van der Waals surface area contributed by atoms with Crippen molar-refractivity contribution in [1.29, 1.82) is 5.26 Å². The van der Waals surface area contributed by atoms with Crippen LogP contribution in [0.15, 0.2) is 28.8 Å². The maximum Gasteiger partial charge on any atom is 0.273 e. The summed E-state index contributed by atoms with van der Waals surface area (Å²) in [7, 11) is 0. The number of halogens is 1. The van der Waals surface area contributed by atoms with Gasteiger partial charge in [0.15, 0.2) is 5.69 Å². The molecule has 0 aliphatic heterocycles. The molecule has 0 aliphatic carbocycles. The molecule has 0 atom stereocenters. The molecule has 0 aliphatic rings. The SMILES string of the molecule is Cc1cc(C(=O)NCc2ccc(C#N)cc2F)no1. The molecule has 0 unspecified atom stereocenters. The quantitative estimate of drug-likeness (QED) is 0.913. The van der Waals surface area contributed by atoms with E-state index in [0.717, 1.165) is 6.07 Å². The molecule has 6 heteroatoms. The monoisotopic (exact) mass is 259 g/mol. The smallest absolute Gasteiger partial charge is 0.273 e. The highest BCUT2D eigenvalue weighted by Crippen LogP contribution is 2.10. The molecule has 0 fully saturated rings. The highest BCUT2D eigenvalue weighted by Gasteiger charge is 2.11. The molecule has 1 heterocycles. The topological polar surface area (TPSA) is 78.9 Å². The van der Waals surface area contributed by atoms with Crippen LogP contribution in [-0.4, -0.2) is 11.1 Å². The number of nitrogens with zero attached hydrogens (tertiary/aromatic N) is 2. The van der Waals surface area contributed by atoms with Gasteiger partial charge in [-0.05, 0) is 19.1 Å². The minimum atomic E-state index is -0.532. The van der Waals surface area contributed by atoms with Gasteiger partial charge in [-0.15, -0.1) is 0 Å². The molecule has 5 nitrogen and oxygen atoms in total. The number of aromatic nitrogens is 1. The second kappa shape index (κ2) is 5.31. The third kappa shape index (κ3) is 2.96. The molecular weight excluding hydrogens is 249 g/mol. The van der Waals surface area contributed by atoms with Crippen LogP contribution in [0.3, 0.4) is 0 Å². The van der Waals surface area contributed by atoms with Crippen molar-refractivity contribution in [3.63, 3.8) is 0 Å². The molecule has 0 saturated heterocycles. The number of aryl methyl sites for hydroxylation is 1. The van der Waals surface area contributed by atoms with Crippen LogP contribution in [0.1, 0.15) is 27.4 Å². The Labute approximate surface area is 108 Å². The van der Waals surface area contributed by atoms with Gasteiger partial charge in [0.2, 0.25) is 0 Å². The van der Waals surface area contributed by atoms with Crippen molar-refractivity contribution in [2.24, 2.45) is 0 Å². The number of nitrogens with one attached hydrogen (secondary N) is 1. The normalized spacial score (nSPS) is 9.95. The zero-order valence-corrected chi connectivity index (χ0v) is 10.1. The van der Waals surface area contributed by atoms with E-state index in [4.69, 9.17) is 9.78 Å². The van der Waals surface area contributed by atoms with E-state index < -0.39 is 11.7 Å². The maximum atomic E-state index is 13.6. The fourth-order valence-corrected chi connectivity index (χ4v) is 1.50. The number of carbonyl (C=O) groups excluding carboxylic acids is 1. The van der Waals surface area contributed by atoms with E-state index in [1.54, 1.807) is 6.92 Å². The lowest BCUT2D eigenvalue weighted by Crippen LogP contribution is -2.23. The average molecular weight is 259 g/mol. The van der Waals surface area contributed by atoms with E-state index in [-0.39, 0.29) is 17.8 Å². The van der Waals surface area contributed by atoms with Gasteiger partial charge in [-0.3, -0.25) is 4.79 Å². The first-order chi connectivity index (χ1) is 9.10. The van der Waals surface area contributed by atoms with Crippen LogP contribution in [0.25, 0.3) is 0 Å². The van der Waals surface area contributed by atoms with Gasteiger partial charge < -0.3 is 9.84 Å². The molecule has 0 radical (unpaired) electrons. The number of nitriles is 1. The van der Waals surface area contributed by atoms with Crippen LogP contribution < -0.4 is 5.32 Å². The van der Waals surface area contributed by atoms with Gasteiger partial charge in [-0.1, -0.05) is 11.2 Å². The molecule has 1 amide bonds. The van der Waals surface area contributed by atoms with Crippen molar-refractivity contribution in [2.45, 2.75) is 13.5 Å². The Morgan fingerprint density at radius 1 is 1.53 bits per heavy atom. The Morgan fingerprint density at radius 2 is 2.32 bits per heavy atom. The number of hydrogen-bond acceptors (Lipinski definition) is 4. The fourth-order valence-electron chi connectivity index (χ4n) is 1.50. The lowest BCUT2D eigenvalue weighted by atomic mass is 10.1. The Kier molecular flexibility index (Phi) is 3.57. The van der Waals surface area contributed by atoms with E-state index in [0.29, 0.717) is 11.3 Å². The van der Waals surface area contributed by atoms with Gasteiger partial charge in [0.05, 0.1) is 11.6 Å². The first-order valence-corrected chi connectivity index (χ1v) is 5.50. The number of amides is 1. The third-order valence-corrected chi connectivity index (χ3v) is 2.48. The fraction of sp³-hybridized carbons (Fsp3) is 0.154. The molecule has 0 bridgehead atoms. The lowest BCUT2D eigenvalue weighted by Gasteiger charge is -2.04. The van der Waals surface area contributed by atoms with Gasteiger partial charge in [0.1, 0.15) is 11.6 Å². The third-order valence-electron chi connectivity index (χ3n) is 2.48. The number of carbonyl (C=O) groups is 1. The molecule has 19 heavy (non-hydrogen) atoms. The molecule has 1 aromatic heterocycles. The van der Waals surface area contributed by atoms with E-state index in [9.17, 15) is 9.18 Å². The van der Waals surface area contributed by atoms with Crippen molar-refractivity contribution in [2.75, 3.05) is 0 Å². The molecule has 1 N–H and O–H groups in total. The first kappa shape index (κ1) is 12.8. The van der Waals surface area contributed by atoms with Gasteiger partial charge in [-0.2, -0.15) is 5.26 Å². The van der Waals surface area contributed by atoms with Gasteiger partial charge >= 0.3 is 0 Å². The molecule has 0 spiro atoms. The van der Waals surface area contributed by atoms with E-state index in [1.165, 1.54) is 18.2 Å². The molecule has 1 aromatic carbocycles. The predicted molar refractivity (Wildman–Crippen MR) is 63.5 cm³/mol. The zero-order chi connectivity index (χ0) is 13.8. The summed E-state index contributed by atoms with van der Waals surface area (Å²) >= 11 is 0. The zero-order valence-electron chi connectivity index (χ0n) is 10.1. The number of benzene rings is 1. The molecule has 0 saturated carbocycles. The van der Waals surface area contributed by atoms with Crippen LogP contribution in [-0.2, 0) is 6.54 Å². The largest absolute Gasteiger partial charge is 0.361 e. The van der Waals surface area contributed by atoms with Crippen molar-refractivity contribution < 1.29 is 13.7 Å². The van der Waals surface area contributed by atoms with Crippen LogP contribution in [0.2, 0.25) is 0 Å². The molecule has 96 valence electrons. The molecular formula is C13H10FN3O2. The van der Waals surface area contributed by atoms with Crippen molar-refractivity contribution in [3.05, 3.63) is 52.7 Å². The predicted octanol–water partition coefficient (Wildman–Crippen LogP) is 1.92. The van der Waals surface area contributed by atoms with E-state index in [1.807, 2.05) is 6.07 Å². The standard InChI is InChI=1S/C13H10FN3O2/c1-8-4-12(17-19-8)13(18)16-7-10-3-2-9(6-15)5-11(10)14/h2-5H,7H2,1H3,(H,16,18). The Balaban J connectivity index is 2.03. The minimum absolute atomic E-state index is 0.0162. The first-order valence-electron chi connectivity index (χ1n) is 5.50. The summed E-state index contributed by atoms with van der Waals surface area (Å²) in [6, 6.07) is 7.41. The lowest BCUT2D eigenvalue weighted by molar-refractivity contribution is 0.0941. The van der Waals surface area contributed by atoms with Crippen LogP contribution in [0, 0.1) is 24.1 Å². The van der Waals surface area contributed by atoms with Gasteiger partial charge in [-0.25, -0.2) is 4.39 Å². The maximum absolute atomic E-state index is 13.6. The van der Waals surface area contributed by atoms with Crippen LogP contribution in [0.5, 0.6) is 0 Å². The van der Waals surface area contributed by atoms with Crippen LogP contribution in [0.4, 0.5) is 4.39 Å². The van der Waals surface area contributed by atoms with Crippen LogP contribution >= 0.6 is 0 Å². The Hall–Kier alpha value is -2.68. The highest BCUT2D eigenvalue weighted by atomic mass is 19.1. The van der Waals surface area contributed by atoms with E-state index in [2.05, 4.69) is 10.5 Å². The second-order valence-electron chi connectivity index (χ2n) is 3.92. The number of rotatable bonds is 3. The molecule has 2 rings (SSSR count). The summed E-state index contributed by atoms with van der Waals surface area (Å²) in [6.45, 7) is 1.69. The second-order valence-corrected chi connectivity index (χ2v) is 3.92. The molecule has 2 aromatic rings. The summed E-state index contributed by atoms with van der Waals surface area (Å²) in [6.07, 6.45) is 0. The minimum Gasteiger partial charge on any atom is -0.361 e. The number of hydrogen-bond donors (Lipinski definition) is 1. The Morgan fingerprint density at radius 3 is 2.89 bits per heavy atom. The van der Waals surface area contributed by atoms with Crippen molar-refractivity contribution in [3.8, 4) is 6.07 Å². The summed E-state index contributed by atoms with van der Waals surface area (Å²) in [5.41, 5.74) is 0.679. The summed E-state index contributed by atoms with van der Waals surface area (Å²) in [5, 5.41) is 14.7.